The minimum Gasteiger partial charge on any atom is -0.322 e. The summed E-state index contributed by atoms with van der Waals surface area (Å²) in [4.78, 5) is 16.7. The van der Waals surface area contributed by atoms with Gasteiger partial charge in [-0.3, -0.25) is 4.79 Å². The number of nitrogens with one attached hydrogen (secondary N) is 1. The number of thiazole rings is 1. The van der Waals surface area contributed by atoms with Crippen LogP contribution in [-0.4, -0.2) is 10.9 Å². The zero-order chi connectivity index (χ0) is 21.4. The standard InChI is InChI=1S/C19H12F6N2OS/c1-10-26-16(9-29-10)11-3-2-4-15(7-11)27-17(28)12-5-13(18(20,21)22)8-14(6-12)19(23,24)25/h2-9H,1H3,(H,27,28). The first kappa shape index (κ1) is 20.8. The first-order valence-corrected chi connectivity index (χ1v) is 8.95. The molecule has 1 heterocycles. The summed E-state index contributed by atoms with van der Waals surface area (Å²) in [5, 5.41) is 4.94. The summed E-state index contributed by atoms with van der Waals surface area (Å²) in [5.41, 5.74) is -2.35. The number of carbonyl (C=O) groups excluding carboxylic acids is 1. The number of anilines is 1. The summed E-state index contributed by atoms with van der Waals surface area (Å²) >= 11 is 1.41. The molecule has 152 valence electrons. The van der Waals surface area contributed by atoms with E-state index in [0.29, 0.717) is 23.4 Å². The lowest BCUT2D eigenvalue weighted by Crippen LogP contribution is -2.17. The smallest absolute Gasteiger partial charge is 0.322 e. The maximum absolute atomic E-state index is 13.0. The van der Waals surface area contributed by atoms with Gasteiger partial charge in [-0.25, -0.2) is 4.98 Å². The Kier molecular flexibility index (Phi) is 5.40. The first-order chi connectivity index (χ1) is 13.4. The van der Waals surface area contributed by atoms with Crippen molar-refractivity contribution in [2.45, 2.75) is 19.3 Å². The number of halogens is 6. The third-order valence-electron chi connectivity index (χ3n) is 3.89. The molecular formula is C19H12F6N2OS. The average molecular weight is 430 g/mol. The fourth-order valence-electron chi connectivity index (χ4n) is 2.54. The lowest BCUT2D eigenvalue weighted by Gasteiger charge is -2.14. The molecule has 0 bridgehead atoms. The van der Waals surface area contributed by atoms with Gasteiger partial charge < -0.3 is 5.32 Å². The van der Waals surface area contributed by atoms with Crippen molar-refractivity contribution in [1.29, 1.82) is 0 Å². The maximum atomic E-state index is 13.0. The third-order valence-corrected chi connectivity index (χ3v) is 4.66. The number of nitrogens with zero attached hydrogens (tertiary/aromatic N) is 1. The highest BCUT2D eigenvalue weighted by molar-refractivity contribution is 7.09. The molecule has 0 spiro atoms. The van der Waals surface area contributed by atoms with E-state index in [1.54, 1.807) is 17.5 Å². The Labute approximate surface area is 165 Å². The molecule has 0 atom stereocenters. The highest BCUT2D eigenvalue weighted by Crippen LogP contribution is 2.36. The Morgan fingerprint density at radius 3 is 2.10 bits per heavy atom. The van der Waals surface area contributed by atoms with Crippen LogP contribution in [0, 0.1) is 6.92 Å². The van der Waals surface area contributed by atoms with Crippen molar-refractivity contribution in [1.82, 2.24) is 4.98 Å². The SMILES string of the molecule is Cc1nc(-c2cccc(NC(=O)c3cc(C(F)(F)F)cc(C(F)(F)F)c3)c2)cs1. The summed E-state index contributed by atoms with van der Waals surface area (Å²) in [6.07, 6.45) is -10.1. The normalized spacial score (nSPS) is 12.1. The van der Waals surface area contributed by atoms with Gasteiger partial charge in [0.15, 0.2) is 0 Å². The largest absolute Gasteiger partial charge is 0.416 e. The molecule has 0 aliphatic heterocycles. The van der Waals surface area contributed by atoms with Crippen molar-refractivity contribution >= 4 is 22.9 Å². The van der Waals surface area contributed by atoms with Gasteiger partial charge in [-0.15, -0.1) is 11.3 Å². The number of aromatic nitrogens is 1. The van der Waals surface area contributed by atoms with Gasteiger partial charge in [-0.1, -0.05) is 12.1 Å². The van der Waals surface area contributed by atoms with Crippen molar-refractivity contribution in [2.75, 3.05) is 5.32 Å². The fraction of sp³-hybridized carbons (Fsp3) is 0.158. The zero-order valence-electron chi connectivity index (χ0n) is 14.7. The van der Waals surface area contributed by atoms with Gasteiger partial charge in [0, 0.05) is 22.2 Å². The van der Waals surface area contributed by atoms with Crippen molar-refractivity contribution < 1.29 is 31.1 Å². The molecule has 1 amide bonds. The summed E-state index contributed by atoms with van der Waals surface area (Å²) < 4.78 is 77.8. The van der Waals surface area contributed by atoms with Gasteiger partial charge in [0.1, 0.15) is 0 Å². The van der Waals surface area contributed by atoms with Crippen LogP contribution >= 0.6 is 11.3 Å². The van der Waals surface area contributed by atoms with Gasteiger partial charge in [-0.05, 0) is 37.3 Å². The molecule has 3 aromatic rings. The molecular weight excluding hydrogens is 418 g/mol. The Bertz CT molecular complexity index is 1020. The molecule has 0 saturated carbocycles. The second-order valence-electron chi connectivity index (χ2n) is 6.08. The third kappa shape index (κ3) is 4.94. The van der Waals surface area contributed by atoms with Crippen molar-refractivity contribution in [3.8, 4) is 11.3 Å². The van der Waals surface area contributed by atoms with E-state index in [1.807, 2.05) is 6.92 Å². The predicted octanol–water partition coefficient (Wildman–Crippen LogP) is 6.41. The summed E-state index contributed by atoms with van der Waals surface area (Å²) in [6, 6.07) is 7.06. The minimum atomic E-state index is -5.03. The zero-order valence-corrected chi connectivity index (χ0v) is 15.5. The highest BCUT2D eigenvalue weighted by atomic mass is 32.1. The molecule has 10 heteroatoms. The van der Waals surface area contributed by atoms with Crippen LogP contribution in [0.4, 0.5) is 32.0 Å². The topological polar surface area (TPSA) is 42.0 Å². The van der Waals surface area contributed by atoms with E-state index in [4.69, 9.17) is 0 Å². The van der Waals surface area contributed by atoms with E-state index < -0.39 is 35.0 Å². The van der Waals surface area contributed by atoms with E-state index in [9.17, 15) is 31.1 Å². The van der Waals surface area contributed by atoms with Crippen LogP contribution < -0.4 is 5.32 Å². The number of rotatable bonds is 3. The van der Waals surface area contributed by atoms with E-state index in [2.05, 4.69) is 10.3 Å². The number of aryl methyl sites for hydroxylation is 1. The summed E-state index contributed by atoms with van der Waals surface area (Å²) in [7, 11) is 0. The molecule has 3 nitrogen and oxygen atoms in total. The van der Waals surface area contributed by atoms with Gasteiger partial charge in [0.2, 0.25) is 0 Å². The summed E-state index contributed by atoms with van der Waals surface area (Å²) in [6.45, 7) is 1.81. The number of amides is 1. The molecule has 3 rings (SSSR count). The number of hydrogen-bond donors (Lipinski definition) is 1. The molecule has 2 aromatic carbocycles. The molecule has 0 aliphatic carbocycles. The van der Waals surface area contributed by atoms with Crippen LogP contribution in [0.5, 0.6) is 0 Å². The minimum absolute atomic E-state index is 0.0258. The number of alkyl halides is 6. The van der Waals surface area contributed by atoms with Crippen LogP contribution in [-0.2, 0) is 12.4 Å². The molecule has 0 unspecified atom stereocenters. The Morgan fingerprint density at radius 2 is 1.59 bits per heavy atom. The van der Waals surface area contributed by atoms with Crippen molar-refractivity contribution in [3.05, 3.63) is 69.5 Å². The van der Waals surface area contributed by atoms with Crippen LogP contribution in [0.3, 0.4) is 0 Å². The monoisotopic (exact) mass is 430 g/mol. The molecule has 0 saturated heterocycles. The van der Waals surface area contributed by atoms with Gasteiger partial charge >= 0.3 is 12.4 Å². The molecule has 0 radical (unpaired) electrons. The highest BCUT2D eigenvalue weighted by Gasteiger charge is 2.37. The Balaban J connectivity index is 1.93. The lowest BCUT2D eigenvalue weighted by atomic mass is 10.0. The second-order valence-corrected chi connectivity index (χ2v) is 7.14. The molecule has 1 aromatic heterocycles. The number of hydrogen-bond acceptors (Lipinski definition) is 3. The molecule has 0 aliphatic rings. The van der Waals surface area contributed by atoms with Crippen LogP contribution in [0.1, 0.15) is 26.5 Å². The number of carbonyl (C=O) groups is 1. The van der Waals surface area contributed by atoms with E-state index >= 15 is 0 Å². The van der Waals surface area contributed by atoms with Crippen LogP contribution in [0.15, 0.2) is 47.8 Å². The van der Waals surface area contributed by atoms with E-state index in [-0.39, 0.29) is 11.8 Å². The van der Waals surface area contributed by atoms with Gasteiger partial charge in [-0.2, -0.15) is 26.3 Å². The van der Waals surface area contributed by atoms with Gasteiger partial charge in [0.05, 0.1) is 21.8 Å². The second kappa shape index (κ2) is 7.51. The number of benzene rings is 2. The average Bonchev–Trinajstić information content (AvgIpc) is 3.06. The maximum Gasteiger partial charge on any atom is 0.416 e. The van der Waals surface area contributed by atoms with E-state index in [0.717, 1.165) is 5.01 Å². The van der Waals surface area contributed by atoms with Crippen molar-refractivity contribution in [3.63, 3.8) is 0 Å². The predicted molar refractivity (Wildman–Crippen MR) is 96.7 cm³/mol. The van der Waals surface area contributed by atoms with Crippen molar-refractivity contribution in [2.24, 2.45) is 0 Å². The van der Waals surface area contributed by atoms with Gasteiger partial charge in [0.25, 0.3) is 5.91 Å². The Hall–Kier alpha value is -2.88. The quantitative estimate of drug-likeness (QED) is 0.488. The van der Waals surface area contributed by atoms with E-state index in [1.165, 1.54) is 23.5 Å². The van der Waals surface area contributed by atoms with Crippen LogP contribution in [0.2, 0.25) is 0 Å². The molecule has 1 N–H and O–H groups in total. The lowest BCUT2D eigenvalue weighted by molar-refractivity contribution is -0.143. The Morgan fingerprint density at radius 1 is 0.966 bits per heavy atom. The molecule has 29 heavy (non-hydrogen) atoms. The summed E-state index contributed by atoms with van der Waals surface area (Å²) in [5.74, 6) is -1.09. The van der Waals surface area contributed by atoms with Crippen LogP contribution in [0.25, 0.3) is 11.3 Å². The first-order valence-electron chi connectivity index (χ1n) is 8.07. The molecule has 0 fully saturated rings. The fourth-order valence-corrected chi connectivity index (χ4v) is 3.16.